The molecule has 170 valence electrons. The van der Waals surface area contributed by atoms with Crippen molar-refractivity contribution in [3.63, 3.8) is 0 Å². The highest BCUT2D eigenvalue weighted by Crippen LogP contribution is 2.24. The van der Waals surface area contributed by atoms with Crippen molar-refractivity contribution in [1.29, 1.82) is 0 Å². The van der Waals surface area contributed by atoms with Crippen LogP contribution in [-0.4, -0.2) is 20.3 Å². The van der Waals surface area contributed by atoms with Crippen LogP contribution in [0.3, 0.4) is 0 Å². The van der Waals surface area contributed by atoms with Crippen LogP contribution in [0.15, 0.2) is 85.3 Å². The van der Waals surface area contributed by atoms with Crippen LogP contribution in [0.5, 0.6) is 5.75 Å². The summed E-state index contributed by atoms with van der Waals surface area (Å²) in [4.78, 5) is 12.7. The first kappa shape index (κ1) is 22.4. The van der Waals surface area contributed by atoms with E-state index in [1.54, 1.807) is 16.9 Å². The molecule has 0 radical (unpaired) electrons. The van der Waals surface area contributed by atoms with Crippen LogP contribution in [-0.2, 0) is 12.1 Å². The molecule has 0 saturated carbocycles. The topological polar surface area (TPSA) is 61.1 Å². The van der Waals surface area contributed by atoms with E-state index in [-0.39, 0.29) is 24.1 Å². The zero-order valence-electron chi connectivity index (χ0n) is 19.5. The number of carbonyl (C=O) groups is 1. The molecule has 0 bridgehead atoms. The Bertz CT molecular complexity index is 1200. The fourth-order valence-electron chi connectivity index (χ4n) is 3.56. The van der Waals surface area contributed by atoms with Crippen LogP contribution in [0, 0.1) is 0 Å². The van der Waals surface area contributed by atoms with E-state index in [4.69, 9.17) is 4.74 Å². The summed E-state index contributed by atoms with van der Waals surface area (Å²) in [6, 6.07) is 21.7. The average Bonchev–Trinajstić information content (AvgIpc) is 3.50. The van der Waals surface area contributed by atoms with Crippen LogP contribution in [0.4, 0.5) is 0 Å². The lowest BCUT2D eigenvalue weighted by molar-refractivity contribution is 0.0932. The van der Waals surface area contributed by atoms with E-state index < -0.39 is 0 Å². The van der Waals surface area contributed by atoms with Gasteiger partial charge < -0.3 is 14.6 Å². The molecule has 0 aliphatic heterocycles. The molecule has 6 nitrogen and oxygen atoms in total. The first-order valence-electron chi connectivity index (χ1n) is 11.1. The normalized spacial score (nSPS) is 12.4. The summed E-state index contributed by atoms with van der Waals surface area (Å²) < 4.78 is 9.47. The Balaban J connectivity index is 1.34. The summed E-state index contributed by atoms with van der Waals surface area (Å²) in [5.74, 6) is 0.544. The number of carbonyl (C=O) groups excluding carboxylic acids is 1. The first-order chi connectivity index (χ1) is 15.8. The highest BCUT2D eigenvalue weighted by molar-refractivity contribution is 5.92. The van der Waals surface area contributed by atoms with Crippen molar-refractivity contribution in [2.24, 2.45) is 0 Å². The zero-order valence-corrected chi connectivity index (χ0v) is 19.5. The van der Waals surface area contributed by atoms with Gasteiger partial charge in [-0.15, -0.1) is 0 Å². The van der Waals surface area contributed by atoms with E-state index in [1.165, 1.54) is 5.56 Å². The number of hydrogen-bond donors (Lipinski definition) is 1. The number of hydrogen-bond acceptors (Lipinski definition) is 3. The molecule has 1 atom stereocenters. The van der Waals surface area contributed by atoms with Crippen molar-refractivity contribution in [3.8, 4) is 11.4 Å². The predicted molar refractivity (Wildman–Crippen MR) is 130 cm³/mol. The average molecular weight is 443 g/mol. The Hall–Kier alpha value is -3.80. The molecular weight excluding hydrogens is 412 g/mol. The Morgan fingerprint density at radius 2 is 1.73 bits per heavy atom. The zero-order chi connectivity index (χ0) is 23.4. The lowest BCUT2D eigenvalue weighted by Gasteiger charge is -2.19. The number of nitrogens with one attached hydrogen (secondary N) is 1. The maximum absolute atomic E-state index is 12.7. The van der Waals surface area contributed by atoms with Gasteiger partial charge in [-0.2, -0.15) is 5.10 Å². The summed E-state index contributed by atoms with van der Waals surface area (Å²) in [7, 11) is 0. The summed E-state index contributed by atoms with van der Waals surface area (Å²) in [6.07, 6.45) is 5.74. The van der Waals surface area contributed by atoms with Gasteiger partial charge in [-0.3, -0.25) is 4.79 Å². The standard InChI is InChI=1S/C27H30N4O2/c1-20(21-8-7-9-23(18-21)30-15-5-6-16-30)28-26(32)25-14-17-31(29-25)19-33-24-12-10-22(11-13-24)27(2,3)4/h5-18,20H,19H2,1-4H3,(H,28,32). The number of aromatic nitrogens is 3. The van der Waals surface area contributed by atoms with Crippen LogP contribution < -0.4 is 10.1 Å². The molecule has 6 heteroatoms. The number of nitrogens with zero attached hydrogens (tertiary/aromatic N) is 3. The number of amides is 1. The van der Waals surface area contributed by atoms with Crippen LogP contribution >= 0.6 is 0 Å². The Morgan fingerprint density at radius 3 is 2.42 bits per heavy atom. The highest BCUT2D eigenvalue weighted by atomic mass is 16.5. The van der Waals surface area contributed by atoms with Crippen LogP contribution in [0.1, 0.15) is 55.4 Å². The van der Waals surface area contributed by atoms with Gasteiger partial charge in [-0.1, -0.05) is 45.0 Å². The summed E-state index contributed by atoms with van der Waals surface area (Å²) in [5.41, 5.74) is 3.78. The lowest BCUT2D eigenvalue weighted by Crippen LogP contribution is -2.27. The van der Waals surface area contributed by atoms with Crippen molar-refractivity contribution < 1.29 is 9.53 Å². The van der Waals surface area contributed by atoms with Gasteiger partial charge in [0.05, 0.1) is 6.04 Å². The SMILES string of the molecule is CC(NC(=O)c1ccn(COc2ccc(C(C)(C)C)cc2)n1)c1cccc(-n2cccc2)c1. The lowest BCUT2D eigenvalue weighted by atomic mass is 9.87. The maximum Gasteiger partial charge on any atom is 0.272 e. The monoisotopic (exact) mass is 442 g/mol. The van der Waals surface area contributed by atoms with E-state index in [0.717, 1.165) is 17.0 Å². The Morgan fingerprint density at radius 1 is 1.00 bits per heavy atom. The van der Waals surface area contributed by atoms with Crippen LogP contribution in [0.2, 0.25) is 0 Å². The minimum absolute atomic E-state index is 0.101. The van der Waals surface area contributed by atoms with Gasteiger partial charge in [-0.25, -0.2) is 4.68 Å². The molecule has 2 heterocycles. The maximum atomic E-state index is 12.7. The van der Waals surface area contributed by atoms with Gasteiger partial charge in [-0.05, 0) is 65.9 Å². The van der Waals surface area contributed by atoms with E-state index in [0.29, 0.717) is 5.69 Å². The fraction of sp³-hybridized carbons (Fsp3) is 0.259. The molecule has 0 aliphatic carbocycles. The third-order valence-electron chi connectivity index (χ3n) is 5.58. The molecule has 4 rings (SSSR count). The minimum Gasteiger partial charge on any atom is -0.471 e. The molecule has 4 aromatic rings. The largest absolute Gasteiger partial charge is 0.471 e. The van der Waals surface area contributed by atoms with E-state index in [1.807, 2.05) is 66.3 Å². The molecule has 0 aliphatic rings. The van der Waals surface area contributed by atoms with E-state index in [2.05, 4.69) is 49.4 Å². The van der Waals surface area contributed by atoms with Crippen molar-refractivity contribution in [2.45, 2.75) is 45.9 Å². The van der Waals surface area contributed by atoms with Gasteiger partial charge in [0.15, 0.2) is 6.73 Å². The Labute approximate surface area is 194 Å². The van der Waals surface area contributed by atoms with Gasteiger partial charge in [0.2, 0.25) is 0 Å². The third-order valence-corrected chi connectivity index (χ3v) is 5.58. The summed E-state index contributed by atoms with van der Waals surface area (Å²) >= 11 is 0. The quantitative estimate of drug-likeness (QED) is 0.411. The smallest absolute Gasteiger partial charge is 0.272 e. The van der Waals surface area contributed by atoms with E-state index in [9.17, 15) is 4.79 Å². The van der Waals surface area contributed by atoms with Crippen molar-refractivity contribution in [1.82, 2.24) is 19.7 Å². The summed E-state index contributed by atoms with van der Waals surface area (Å²) in [5, 5.41) is 7.39. The number of rotatable bonds is 7. The molecule has 0 saturated heterocycles. The summed E-state index contributed by atoms with van der Waals surface area (Å²) in [6.45, 7) is 8.74. The molecule has 33 heavy (non-hydrogen) atoms. The van der Waals surface area contributed by atoms with Crippen molar-refractivity contribution in [3.05, 3.63) is 102 Å². The molecule has 1 N–H and O–H groups in total. The molecule has 0 spiro atoms. The highest BCUT2D eigenvalue weighted by Gasteiger charge is 2.15. The molecule has 1 amide bonds. The van der Waals surface area contributed by atoms with Gasteiger partial charge in [0, 0.05) is 24.3 Å². The first-order valence-corrected chi connectivity index (χ1v) is 11.1. The second kappa shape index (κ2) is 9.36. The van der Waals surface area contributed by atoms with E-state index >= 15 is 0 Å². The molecular formula is C27H30N4O2. The van der Waals surface area contributed by atoms with Gasteiger partial charge in [0.25, 0.3) is 5.91 Å². The second-order valence-electron chi connectivity index (χ2n) is 9.17. The van der Waals surface area contributed by atoms with Crippen LogP contribution in [0.25, 0.3) is 5.69 Å². The van der Waals surface area contributed by atoms with Crippen molar-refractivity contribution >= 4 is 5.91 Å². The van der Waals surface area contributed by atoms with Gasteiger partial charge in [0.1, 0.15) is 11.4 Å². The van der Waals surface area contributed by atoms with Crippen molar-refractivity contribution in [2.75, 3.05) is 0 Å². The molecule has 1 unspecified atom stereocenters. The second-order valence-corrected chi connectivity index (χ2v) is 9.17. The Kier molecular flexibility index (Phi) is 6.36. The molecule has 0 fully saturated rings. The molecule has 2 aromatic carbocycles. The number of ether oxygens (including phenoxy) is 1. The van der Waals surface area contributed by atoms with Gasteiger partial charge >= 0.3 is 0 Å². The number of benzene rings is 2. The fourth-order valence-corrected chi connectivity index (χ4v) is 3.56. The molecule has 2 aromatic heterocycles. The third kappa shape index (κ3) is 5.52. The predicted octanol–water partition coefficient (Wildman–Crippen LogP) is 5.50. The minimum atomic E-state index is -0.220.